The number of amides is 4. The Morgan fingerprint density at radius 3 is 2.61 bits per heavy atom. The number of furan rings is 1. The van der Waals surface area contributed by atoms with Crippen LogP contribution in [0.3, 0.4) is 0 Å². The van der Waals surface area contributed by atoms with Crippen molar-refractivity contribution >= 4 is 34.5 Å². The lowest BCUT2D eigenvalue weighted by atomic mass is 9.99. The first-order chi connectivity index (χ1) is 14.9. The van der Waals surface area contributed by atoms with Crippen molar-refractivity contribution in [3.05, 3.63) is 54.3 Å². The van der Waals surface area contributed by atoms with Crippen molar-refractivity contribution in [2.24, 2.45) is 0 Å². The van der Waals surface area contributed by atoms with Gasteiger partial charge in [-0.25, -0.2) is 4.79 Å². The molecule has 1 unspecified atom stereocenters. The minimum atomic E-state index is -1.41. The van der Waals surface area contributed by atoms with Gasteiger partial charge in [0.15, 0.2) is 5.54 Å². The van der Waals surface area contributed by atoms with Gasteiger partial charge >= 0.3 is 6.03 Å². The highest BCUT2D eigenvalue weighted by molar-refractivity contribution is 6.10. The van der Waals surface area contributed by atoms with E-state index in [9.17, 15) is 14.4 Å². The zero-order valence-corrected chi connectivity index (χ0v) is 17.2. The van der Waals surface area contributed by atoms with Crippen molar-refractivity contribution in [3.63, 3.8) is 0 Å². The molecule has 2 heterocycles. The molecular formula is C22H21N3O6. The maximum Gasteiger partial charge on any atom is 0.325 e. The standard InChI is InChI=1S/C22H21N3O6/c1-22(18-10-13-6-4-5-7-16(13)31-18)20(27)25(21(28)24-22)12-19(26)23-15-11-14(29-2)8-9-17(15)30-3/h4-11H,12H2,1-3H3,(H,23,26)(H,24,28). The quantitative estimate of drug-likeness (QED) is 0.590. The molecule has 31 heavy (non-hydrogen) atoms. The first-order valence-corrected chi connectivity index (χ1v) is 9.51. The summed E-state index contributed by atoms with van der Waals surface area (Å²) in [5.41, 5.74) is -0.453. The molecule has 1 aliphatic rings. The summed E-state index contributed by atoms with van der Waals surface area (Å²) in [6.45, 7) is 1.08. The Morgan fingerprint density at radius 2 is 1.90 bits per heavy atom. The van der Waals surface area contributed by atoms with Gasteiger partial charge in [0.2, 0.25) is 5.91 Å². The molecule has 1 saturated heterocycles. The zero-order chi connectivity index (χ0) is 22.2. The third kappa shape index (κ3) is 3.54. The Labute approximate surface area is 177 Å². The fourth-order valence-electron chi connectivity index (χ4n) is 3.48. The zero-order valence-electron chi connectivity index (χ0n) is 17.2. The summed E-state index contributed by atoms with van der Waals surface area (Å²) in [6.07, 6.45) is 0. The molecule has 2 aromatic carbocycles. The number of nitrogens with zero attached hydrogens (tertiary/aromatic N) is 1. The maximum atomic E-state index is 13.1. The molecule has 3 aromatic rings. The topological polar surface area (TPSA) is 110 Å². The number of urea groups is 1. The van der Waals surface area contributed by atoms with E-state index in [4.69, 9.17) is 13.9 Å². The molecule has 4 amide bonds. The smallest absolute Gasteiger partial charge is 0.325 e. The number of para-hydroxylation sites is 1. The number of imide groups is 1. The third-order valence-corrected chi connectivity index (χ3v) is 5.18. The second-order valence-corrected chi connectivity index (χ2v) is 7.21. The minimum Gasteiger partial charge on any atom is -0.497 e. The van der Waals surface area contributed by atoms with Crippen LogP contribution >= 0.6 is 0 Å². The second-order valence-electron chi connectivity index (χ2n) is 7.21. The molecule has 160 valence electrons. The molecule has 9 heteroatoms. The number of carbonyl (C=O) groups is 3. The van der Waals surface area contributed by atoms with E-state index in [0.29, 0.717) is 28.5 Å². The van der Waals surface area contributed by atoms with Crippen LogP contribution in [0.25, 0.3) is 11.0 Å². The Morgan fingerprint density at radius 1 is 1.13 bits per heavy atom. The lowest BCUT2D eigenvalue weighted by molar-refractivity contribution is -0.134. The van der Waals surface area contributed by atoms with Crippen LogP contribution in [0.4, 0.5) is 10.5 Å². The van der Waals surface area contributed by atoms with E-state index in [2.05, 4.69) is 10.6 Å². The summed E-state index contributed by atoms with van der Waals surface area (Å²) in [4.78, 5) is 39.1. The van der Waals surface area contributed by atoms with Gasteiger partial charge in [0.1, 0.15) is 29.4 Å². The Hall–Kier alpha value is -4.01. The van der Waals surface area contributed by atoms with Crippen LogP contribution in [0.2, 0.25) is 0 Å². The van der Waals surface area contributed by atoms with Crippen LogP contribution in [-0.4, -0.2) is 43.5 Å². The van der Waals surface area contributed by atoms with Crippen molar-refractivity contribution in [3.8, 4) is 11.5 Å². The molecule has 1 aromatic heterocycles. The molecule has 4 rings (SSSR count). The van der Waals surface area contributed by atoms with Crippen LogP contribution in [0, 0.1) is 0 Å². The lowest BCUT2D eigenvalue weighted by Crippen LogP contribution is -2.41. The van der Waals surface area contributed by atoms with Gasteiger partial charge in [0, 0.05) is 11.5 Å². The number of ether oxygens (including phenoxy) is 2. The molecule has 0 aliphatic carbocycles. The number of carbonyl (C=O) groups excluding carboxylic acids is 3. The summed E-state index contributed by atoms with van der Waals surface area (Å²) in [6, 6.07) is 13.2. The van der Waals surface area contributed by atoms with Crippen LogP contribution in [-0.2, 0) is 15.1 Å². The molecule has 0 saturated carbocycles. The Kier molecular flexibility index (Phi) is 5.02. The normalized spacial score (nSPS) is 18.2. The Bertz CT molecular complexity index is 1150. The van der Waals surface area contributed by atoms with E-state index in [1.165, 1.54) is 14.2 Å². The number of methoxy groups -OCH3 is 2. The second kappa shape index (κ2) is 7.67. The molecule has 1 atom stereocenters. The van der Waals surface area contributed by atoms with Gasteiger partial charge in [-0.2, -0.15) is 0 Å². The molecule has 2 N–H and O–H groups in total. The highest BCUT2D eigenvalue weighted by Gasteiger charge is 2.51. The van der Waals surface area contributed by atoms with Crippen LogP contribution in [0.15, 0.2) is 52.9 Å². The van der Waals surface area contributed by atoms with Crippen molar-refractivity contribution in [2.45, 2.75) is 12.5 Å². The summed E-state index contributed by atoms with van der Waals surface area (Å²) in [5.74, 6) is 0.0830. The van der Waals surface area contributed by atoms with Crippen LogP contribution in [0.5, 0.6) is 11.5 Å². The predicted molar refractivity (Wildman–Crippen MR) is 112 cm³/mol. The highest BCUT2D eigenvalue weighted by atomic mass is 16.5. The average Bonchev–Trinajstić information content (AvgIpc) is 3.29. The van der Waals surface area contributed by atoms with Crippen molar-refractivity contribution in [2.75, 3.05) is 26.1 Å². The Balaban J connectivity index is 1.53. The van der Waals surface area contributed by atoms with Gasteiger partial charge in [0.05, 0.1) is 19.9 Å². The van der Waals surface area contributed by atoms with Crippen molar-refractivity contribution in [1.82, 2.24) is 10.2 Å². The summed E-state index contributed by atoms with van der Waals surface area (Å²) in [7, 11) is 2.97. The largest absolute Gasteiger partial charge is 0.497 e. The molecule has 0 radical (unpaired) electrons. The van der Waals surface area contributed by atoms with Gasteiger partial charge in [-0.1, -0.05) is 18.2 Å². The number of hydrogen-bond donors (Lipinski definition) is 2. The van der Waals surface area contributed by atoms with E-state index >= 15 is 0 Å². The first kappa shape index (κ1) is 20.3. The SMILES string of the molecule is COc1ccc(OC)c(NC(=O)CN2C(=O)NC(C)(c3cc4ccccc4o3)C2=O)c1. The van der Waals surface area contributed by atoms with Crippen molar-refractivity contribution in [1.29, 1.82) is 0 Å². The molecular weight excluding hydrogens is 402 g/mol. The summed E-state index contributed by atoms with van der Waals surface area (Å²) >= 11 is 0. The molecule has 1 fully saturated rings. The highest BCUT2D eigenvalue weighted by Crippen LogP contribution is 2.33. The summed E-state index contributed by atoms with van der Waals surface area (Å²) in [5, 5.41) is 6.10. The molecule has 0 spiro atoms. The molecule has 0 bridgehead atoms. The number of rotatable bonds is 6. The maximum absolute atomic E-state index is 13.1. The lowest BCUT2D eigenvalue weighted by Gasteiger charge is -2.19. The number of hydrogen-bond acceptors (Lipinski definition) is 6. The predicted octanol–water partition coefficient (Wildman–Crippen LogP) is 2.86. The summed E-state index contributed by atoms with van der Waals surface area (Å²) < 4.78 is 16.2. The third-order valence-electron chi connectivity index (χ3n) is 5.18. The van der Waals surface area contributed by atoms with E-state index in [1.54, 1.807) is 37.3 Å². The van der Waals surface area contributed by atoms with Crippen LogP contribution < -0.4 is 20.1 Å². The average molecular weight is 423 g/mol. The number of benzene rings is 2. The van der Waals surface area contributed by atoms with Gasteiger partial charge in [-0.05, 0) is 31.2 Å². The monoisotopic (exact) mass is 423 g/mol. The van der Waals surface area contributed by atoms with Crippen LogP contribution in [0.1, 0.15) is 12.7 Å². The van der Waals surface area contributed by atoms with Gasteiger partial charge in [0.25, 0.3) is 5.91 Å². The fourth-order valence-corrected chi connectivity index (χ4v) is 3.48. The van der Waals surface area contributed by atoms with Gasteiger partial charge in [-0.15, -0.1) is 0 Å². The van der Waals surface area contributed by atoms with E-state index in [-0.39, 0.29) is 0 Å². The van der Waals surface area contributed by atoms with E-state index < -0.39 is 29.9 Å². The number of nitrogens with one attached hydrogen (secondary N) is 2. The minimum absolute atomic E-state index is 0.296. The van der Waals surface area contributed by atoms with Crippen molar-refractivity contribution < 1.29 is 28.3 Å². The van der Waals surface area contributed by atoms with E-state index in [1.807, 2.05) is 18.2 Å². The fraction of sp³-hybridized carbons (Fsp3) is 0.227. The first-order valence-electron chi connectivity index (χ1n) is 9.51. The number of anilines is 1. The number of fused-ring (bicyclic) bond motifs is 1. The van der Waals surface area contributed by atoms with Gasteiger partial charge < -0.3 is 24.5 Å². The van der Waals surface area contributed by atoms with Gasteiger partial charge in [-0.3, -0.25) is 14.5 Å². The van der Waals surface area contributed by atoms with E-state index in [0.717, 1.165) is 10.3 Å². The molecule has 1 aliphatic heterocycles. The molecule has 9 nitrogen and oxygen atoms in total.